The van der Waals surface area contributed by atoms with Crippen LogP contribution in [0.5, 0.6) is 0 Å². The number of rotatable bonds is 2. The number of nitrogens with zero attached hydrogens (tertiary/aromatic N) is 2. The Labute approximate surface area is 101 Å². The first-order chi connectivity index (χ1) is 8.04. The lowest BCUT2D eigenvalue weighted by atomic mass is 9.94. The Bertz CT molecular complexity index is 529. The Kier molecular flexibility index (Phi) is 2.98. The maximum Gasteiger partial charge on any atom is 0.181 e. The summed E-state index contributed by atoms with van der Waals surface area (Å²) in [5, 5.41) is 7.11. The van der Waals surface area contributed by atoms with Gasteiger partial charge in [0.05, 0.1) is 6.54 Å². The molecule has 0 bridgehead atoms. The zero-order valence-corrected chi connectivity index (χ0v) is 10.8. The van der Waals surface area contributed by atoms with Crippen molar-refractivity contribution < 1.29 is 0 Å². The van der Waals surface area contributed by atoms with E-state index in [9.17, 15) is 0 Å². The third-order valence-electron chi connectivity index (χ3n) is 3.31. The van der Waals surface area contributed by atoms with E-state index in [0.29, 0.717) is 6.54 Å². The van der Waals surface area contributed by atoms with Crippen molar-refractivity contribution in [1.29, 1.82) is 0 Å². The quantitative estimate of drug-likeness (QED) is 0.830. The van der Waals surface area contributed by atoms with E-state index in [4.69, 9.17) is 5.73 Å². The maximum atomic E-state index is 5.54. The van der Waals surface area contributed by atoms with Gasteiger partial charge in [0.15, 0.2) is 5.82 Å². The van der Waals surface area contributed by atoms with Crippen molar-refractivity contribution in [1.82, 2.24) is 15.2 Å². The molecule has 0 spiro atoms. The van der Waals surface area contributed by atoms with Crippen LogP contribution in [0.25, 0.3) is 11.4 Å². The lowest BCUT2D eigenvalue weighted by Crippen LogP contribution is -1.99. The van der Waals surface area contributed by atoms with E-state index in [1.165, 1.54) is 22.3 Å². The second kappa shape index (κ2) is 4.30. The van der Waals surface area contributed by atoms with Gasteiger partial charge in [-0.15, -0.1) is 0 Å². The summed E-state index contributed by atoms with van der Waals surface area (Å²) in [5.41, 5.74) is 11.7. The predicted molar refractivity (Wildman–Crippen MR) is 68.7 cm³/mol. The Hall–Kier alpha value is -1.68. The molecule has 2 aromatic rings. The number of aromatic nitrogens is 3. The summed E-state index contributed by atoms with van der Waals surface area (Å²) in [6.45, 7) is 8.82. The van der Waals surface area contributed by atoms with Crippen molar-refractivity contribution in [3.63, 3.8) is 0 Å². The molecule has 0 amide bonds. The third kappa shape index (κ3) is 1.96. The highest BCUT2D eigenvalue weighted by Gasteiger charge is 2.14. The zero-order valence-electron chi connectivity index (χ0n) is 10.8. The van der Waals surface area contributed by atoms with Crippen LogP contribution in [0.15, 0.2) is 6.07 Å². The van der Waals surface area contributed by atoms with Gasteiger partial charge >= 0.3 is 0 Å². The van der Waals surface area contributed by atoms with Gasteiger partial charge in [-0.1, -0.05) is 6.07 Å². The van der Waals surface area contributed by atoms with E-state index < -0.39 is 0 Å². The normalized spacial score (nSPS) is 10.9. The number of hydrogen-bond acceptors (Lipinski definition) is 3. The van der Waals surface area contributed by atoms with Gasteiger partial charge in [0.2, 0.25) is 0 Å². The van der Waals surface area contributed by atoms with Crippen LogP contribution in [0.1, 0.15) is 28.1 Å². The Balaban J connectivity index is 2.65. The van der Waals surface area contributed by atoms with Crippen LogP contribution in [-0.4, -0.2) is 15.2 Å². The molecule has 0 aliphatic carbocycles. The SMILES string of the molecule is Cc1cc(C)c(C)c(-c2n[nH]c(CN)n2)c1C. The van der Waals surface area contributed by atoms with E-state index in [0.717, 1.165) is 17.2 Å². The molecule has 0 unspecified atom stereocenters. The van der Waals surface area contributed by atoms with E-state index in [1.54, 1.807) is 0 Å². The molecule has 0 fully saturated rings. The summed E-state index contributed by atoms with van der Waals surface area (Å²) in [6, 6.07) is 2.20. The number of nitrogens with two attached hydrogens (primary N) is 1. The Morgan fingerprint density at radius 1 is 1.12 bits per heavy atom. The Morgan fingerprint density at radius 2 is 1.71 bits per heavy atom. The molecular weight excluding hydrogens is 212 g/mol. The van der Waals surface area contributed by atoms with Crippen molar-refractivity contribution in [3.8, 4) is 11.4 Å². The molecule has 4 heteroatoms. The molecule has 2 rings (SSSR count). The van der Waals surface area contributed by atoms with Gasteiger partial charge in [0, 0.05) is 5.56 Å². The molecule has 1 aromatic heterocycles. The standard InChI is InChI=1S/C13H18N4/c1-7-5-8(2)10(4)12(9(7)3)13-15-11(6-14)16-17-13/h5H,6,14H2,1-4H3,(H,15,16,17). The minimum atomic E-state index is 0.385. The van der Waals surface area contributed by atoms with Crippen molar-refractivity contribution in [2.45, 2.75) is 34.2 Å². The molecule has 0 aliphatic rings. The summed E-state index contributed by atoms with van der Waals surface area (Å²) in [5.74, 6) is 1.46. The maximum absolute atomic E-state index is 5.54. The highest BCUT2D eigenvalue weighted by molar-refractivity contribution is 5.67. The fourth-order valence-corrected chi connectivity index (χ4v) is 2.05. The predicted octanol–water partition coefficient (Wildman–Crippen LogP) is 2.16. The zero-order chi connectivity index (χ0) is 12.6. The molecule has 0 saturated heterocycles. The lowest BCUT2D eigenvalue weighted by Gasteiger charge is -2.12. The molecule has 3 N–H and O–H groups in total. The molecule has 0 saturated carbocycles. The van der Waals surface area contributed by atoms with Crippen molar-refractivity contribution in [3.05, 3.63) is 34.1 Å². The number of benzene rings is 1. The molecule has 0 aliphatic heterocycles. The Morgan fingerprint density at radius 3 is 2.18 bits per heavy atom. The minimum absolute atomic E-state index is 0.385. The molecule has 0 radical (unpaired) electrons. The number of aryl methyl sites for hydroxylation is 2. The van der Waals surface area contributed by atoms with Crippen molar-refractivity contribution >= 4 is 0 Å². The van der Waals surface area contributed by atoms with Crippen LogP contribution in [0.2, 0.25) is 0 Å². The van der Waals surface area contributed by atoms with Crippen LogP contribution >= 0.6 is 0 Å². The number of nitrogens with one attached hydrogen (secondary N) is 1. The number of aromatic amines is 1. The highest BCUT2D eigenvalue weighted by atomic mass is 15.2. The second-order valence-electron chi connectivity index (χ2n) is 4.45. The van der Waals surface area contributed by atoms with Crippen LogP contribution < -0.4 is 5.73 Å². The van der Waals surface area contributed by atoms with E-state index in [-0.39, 0.29) is 0 Å². The molecular formula is C13H18N4. The van der Waals surface area contributed by atoms with Gasteiger partial charge in [0.25, 0.3) is 0 Å². The summed E-state index contributed by atoms with van der Waals surface area (Å²) in [4.78, 5) is 4.41. The van der Waals surface area contributed by atoms with E-state index >= 15 is 0 Å². The van der Waals surface area contributed by atoms with Gasteiger partial charge < -0.3 is 5.73 Å². The summed E-state index contributed by atoms with van der Waals surface area (Å²) < 4.78 is 0. The van der Waals surface area contributed by atoms with Gasteiger partial charge in [-0.25, -0.2) is 4.98 Å². The number of H-pyrrole nitrogens is 1. The van der Waals surface area contributed by atoms with Gasteiger partial charge in [0.1, 0.15) is 5.82 Å². The molecule has 0 atom stereocenters. The van der Waals surface area contributed by atoms with Crippen LogP contribution in [-0.2, 0) is 6.54 Å². The summed E-state index contributed by atoms with van der Waals surface area (Å²) in [7, 11) is 0. The molecule has 17 heavy (non-hydrogen) atoms. The van der Waals surface area contributed by atoms with Gasteiger partial charge in [-0.05, 0) is 49.9 Å². The van der Waals surface area contributed by atoms with Crippen LogP contribution in [0, 0.1) is 27.7 Å². The average Bonchev–Trinajstić information content (AvgIpc) is 2.75. The highest BCUT2D eigenvalue weighted by Crippen LogP contribution is 2.29. The molecule has 1 heterocycles. The first-order valence-electron chi connectivity index (χ1n) is 5.73. The fraction of sp³-hybridized carbons (Fsp3) is 0.385. The smallest absolute Gasteiger partial charge is 0.181 e. The fourth-order valence-electron chi connectivity index (χ4n) is 2.05. The molecule has 1 aromatic carbocycles. The first-order valence-corrected chi connectivity index (χ1v) is 5.73. The van der Waals surface area contributed by atoms with Gasteiger partial charge in [-0.3, -0.25) is 5.10 Å². The first kappa shape index (κ1) is 11.8. The van der Waals surface area contributed by atoms with Crippen molar-refractivity contribution in [2.24, 2.45) is 5.73 Å². The van der Waals surface area contributed by atoms with Crippen LogP contribution in [0.3, 0.4) is 0 Å². The molecule has 4 nitrogen and oxygen atoms in total. The van der Waals surface area contributed by atoms with Crippen molar-refractivity contribution in [2.75, 3.05) is 0 Å². The van der Waals surface area contributed by atoms with Crippen LogP contribution in [0.4, 0.5) is 0 Å². The molecule has 90 valence electrons. The second-order valence-corrected chi connectivity index (χ2v) is 4.45. The largest absolute Gasteiger partial charge is 0.324 e. The van der Waals surface area contributed by atoms with E-state index in [2.05, 4.69) is 48.9 Å². The third-order valence-corrected chi connectivity index (χ3v) is 3.31. The minimum Gasteiger partial charge on any atom is -0.324 e. The summed E-state index contributed by atoms with van der Waals surface area (Å²) in [6.07, 6.45) is 0. The summed E-state index contributed by atoms with van der Waals surface area (Å²) >= 11 is 0. The number of hydrogen-bond donors (Lipinski definition) is 2. The average molecular weight is 230 g/mol. The van der Waals surface area contributed by atoms with E-state index in [1.807, 2.05) is 0 Å². The monoisotopic (exact) mass is 230 g/mol. The van der Waals surface area contributed by atoms with Gasteiger partial charge in [-0.2, -0.15) is 5.10 Å². The topological polar surface area (TPSA) is 67.6 Å². The lowest BCUT2D eigenvalue weighted by molar-refractivity contribution is 0.917.